The van der Waals surface area contributed by atoms with Gasteiger partial charge in [0.25, 0.3) is 0 Å². The van der Waals surface area contributed by atoms with Crippen LogP contribution in [0.15, 0.2) is 36.4 Å². The fourth-order valence-electron chi connectivity index (χ4n) is 1.46. The van der Waals surface area contributed by atoms with Crippen LogP contribution < -0.4 is 0 Å². The summed E-state index contributed by atoms with van der Waals surface area (Å²) in [5.41, 5.74) is 10.5. The number of rotatable bonds is 1. The van der Waals surface area contributed by atoms with E-state index in [1.165, 1.54) is 28.7 Å². The van der Waals surface area contributed by atoms with Crippen molar-refractivity contribution in [2.24, 2.45) is 0 Å². The number of nitrogens with one attached hydrogen (secondary N) is 1. The number of nitrogens with zero attached hydrogens (tertiary/aromatic N) is 1. The summed E-state index contributed by atoms with van der Waals surface area (Å²) in [5, 5.41) is 7.11. The van der Waals surface area contributed by atoms with Gasteiger partial charge in [-0.2, -0.15) is 84.1 Å². The monoisotopic (exact) mass is 357 g/mol. The Morgan fingerprint density at radius 1 is 0.917 bits per heavy atom. The van der Waals surface area contributed by atoms with Gasteiger partial charge in [0, 0.05) is 21.7 Å². The number of hydrogen-bond donors (Lipinski definition) is 0. The smallest absolute Gasteiger partial charge is 0 e. The zero-order valence-corrected chi connectivity index (χ0v) is 17.3. The van der Waals surface area contributed by atoms with Gasteiger partial charge in [-0.05, 0) is 0 Å². The Labute approximate surface area is 164 Å². The van der Waals surface area contributed by atoms with Crippen LogP contribution in [-0.2, 0) is 21.7 Å². The maximum absolute atomic E-state index is 7.11. The molecular weight excluding hydrogens is 328 g/mol. The summed E-state index contributed by atoms with van der Waals surface area (Å²) >= 11 is 0. The molecule has 0 amide bonds. The Hall–Kier alpha value is -1.38. The van der Waals surface area contributed by atoms with Crippen LogP contribution in [0.2, 0.25) is 0 Å². The molecular formula is C21H29N2Ti-5. The summed E-state index contributed by atoms with van der Waals surface area (Å²) in [6, 6.07) is 18.6. The molecule has 24 heavy (non-hydrogen) atoms. The fraction of sp³-hybridized carbons (Fsp3) is 0.333. The van der Waals surface area contributed by atoms with Crippen molar-refractivity contribution in [3.8, 4) is 0 Å². The van der Waals surface area contributed by atoms with Crippen molar-refractivity contribution in [3.05, 3.63) is 88.3 Å². The van der Waals surface area contributed by atoms with Gasteiger partial charge in [0.15, 0.2) is 0 Å². The first-order chi connectivity index (χ1) is 10.9. The van der Waals surface area contributed by atoms with Gasteiger partial charge in [0.2, 0.25) is 0 Å². The van der Waals surface area contributed by atoms with Crippen molar-refractivity contribution in [1.29, 1.82) is 0 Å². The summed E-state index contributed by atoms with van der Waals surface area (Å²) < 4.78 is 0. The van der Waals surface area contributed by atoms with Crippen LogP contribution in [0.1, 0.15) is 42.5 Å². The number of unbranched alkanes of at least 4 members (excludes halogenated alkanes) is 1. The van der Waals surface area contributed by atoms with Crippen LogP contribution in [0.5, 0.6) is 0 Å². The predicted molar refractivity (Wildman–Crippen MR) is 104 cm³/mol. The zero-order chi connectivity index (χ0) is 18.1. The third-order valence-electron chi connectivity index (χ3n) is 2.58. The first-order valence-electron chi connectivity index (χ1n) is 7.73. The number of benzene rings is 2. The molecule has 3 heteroatoms. The summed E-state index contributed by atoms with van der Waals surface area (Å²) in [6.45, 7) is 12.4. The summed E-state index contributed by atoms with van der Waals surface area (Å²) in [4.78, 5) is 0. The van der Waals surface area contributed by atoms with Gasteiger partial charge in [0.05, 0.1) is 0 Å². The second-order valence-corrected chi connectivity index (χ2v) is 4.98. The minimum atomic E-state index is 0. The Kier molecular flexibility index (Phi) is 22.5. The average molecular weight is 357 g/mol. The minimum absolute atomic E-state index is 0. The first-order valence-corrected chi connectivity index (χ1v) is 7.73. The Balaban J connectivity index is -0.000000261. The quantitative estimate of drug-likeness (QED) is 0.243. The Morgan fingerprint density at radius 3 is 1.21 bits per heavy atom. The Morgan fingerprint density at radius 2 is 1.12 bits per heavy atom. The maximum Gasteiger partial charge on any atom is 0 e. The molecule has 0 saturated carbocycles. The molecule has 0 atom stereocenters. The third kappa shape index (κ3) is 20.6. The summed E-state index contributed by atoms with van der Waals surface area (Å²) in [6.07, 6.45) is 3.57. The molecule has 0 aliphatic heterocycles. The standard InChI is InChI=1S/2C8H9.C4H9.CH2N2.Ti/c2*1-7-4-3-5-8(2)6-7;1-3-4-2;2-1-3;/h2*3-5H,1-2H3;3H,4H2,1-2H3;1H,(H-2,2,3);/q3*-1;-2;. The van der Waals surface area contributed by atoms with E-state index in [1.807, 2.05) is 64.1 Å². The summed E-state index contributed by atoms with van der Waals surface area (Å²) in [5.74, 6) is 0. The predicted octanol–water partition coefficient (Wildman–Crippen LogP) is 6.46. The van der Waals surface area contributed by atoms with Crippen molar-refractivity contribution in [1.82, 2.24) is 0 Å². The van der Waals surface area contributed by atoms with Gasteiger partial charge in [-0.25, -0.2) is 0 Å². The number of hydrogen-bond acceptors (Lipinski definition) is 0. The van der Waals surface area contributed by atoms with Gasteiger partial charge in [-0.1, -0.05) is 34.6 Å². The van der Waals surface area contributed by atoms with Crippen molar-refractivity contribution in [2.45, 2.75) is 48.0 Å². The van der Waals surface area contributed by atoms with Crippen LogP contribution in [0.3, 0.4) is 0 Å². The van der Waals surface area contributed by atoms with Gasteiger partial charge in [-0.3, -0.25) is 0 Å². The molecule has 0 aromatic heterocycles. The van der Waals surface area contributed by atoms with E-state index in [4.69, 9.17) is 11.1 Å². The molecule has 1 N–H and O–H groups in total. The second-order valence-electron chi connectivity index (χ2n) is 4.98. The van der Waals surface area contributed by atoms with Gasteiger partial charge >= 0.3 is 0 Å². The molecule has 0 saturated heterocycles. The van der Waals surface area contributed by atoms with Crippen molar-refractivity contribution in [3.63, 3.8) is 0 Å². The summed E-state index contributed by atoms with van der Waals surface area (Å²) in [7, 11) is 0. The Bertz CT molecular complexity index is 445. The van der Waals surface area contributed by atoms with E-state index in [0.717, 1.165) is 0 Å². The fourth-order valence-corrected chi connectivity index (χ4v) is 1.46. The van der Waals surface area contributed by atoms with Crippen molar-refractivity contribution >= 4 is 6.34 Å². The molecule has 0 unspecified atom stereocenters. The van der Waals surface area contributed by atoms with E-state index < -0.39 is 0 Å². The van der Waals surface area contributed by atoms with Crippen LogP contribution >= 0.6 is 0 Å². The molecule has 132 valence electrons. The largest absolute Gasteiger partial charge is 0.831 e. The van der Waals surface area contributed by atoms with E-state index in [-0.39, 0.29) is 28.1 Å². The molecule has 0 heterocycles. The van der Waals surface area contributed by atoms with E-state index in [1.54, 1.807) is 0 Å². The van der Waals surface area contributed by atoms with E-state index in [9.17, 15) is 0 Å². The molecule has 2 aromatic rings. The molecule has 0 aliphatic carbocycles. The van der Waals surface area contributed by atoms with Gasteiger partial charge in [0.1, 0.15) is 0 Å². The molecule has 2 nitrogen and oxygen atoms in total. The SMILES string of the molecule is C[CH-]CC.Cc1[c-]c(C)ccc1.Cc1[c-]c(C)ccc1.[N-]=C[NH-].[Ti]. The number of aryl methyl sites for hydroxylation is 4. The van der Waals surface area contributed by atoms with Gasteiger partial charge in [-0.15, -0.1) is 0 Å². The topological polar surface area (TPSA) is 46.1 Å². The van der Waals surface area contributed by atoms with E-state index in [2.05, 4.69) is 32.4 Å². The molecule has 0 bridgehead atoms. The minimum Gasteiger partial charge on any atom is -0.831 e. The normalized spacial score (nSPS) is 7.92. The van der Waals surface area contributed by atoms with Crippen molar-refractivity contribution in [2.75, 3.05) is 0 Å². The molecule has 0 radical (unpaired) electrons. The van der Waals surface area contributed by atoms with Crippen LogP contribution in [0.4, 0.5) is 0 Å². The van der Waals surface area contributed by atoms with E-state index in [0.29, 0.717) is 0 Å². The van der Waals surface area contributed by atoms with Crippen LogP contribution in [0.25, 0.3) is 11.1 Å². The van der Waals surface area contributed by atoms with Crippen LogP contribution in [0, 0.1) is 46.2 Å². The maximum atomic E-state index is 7.11. The van der Waals surface area contributed by atoms with Gasteiger partial charge < -0.3 is 23.9 Å². The molecule has 0 spiro atoms. The first kappa shape index (κ1) is 27.5. The second kappa shape index (κ2) is 19.7. The zero-order valence-electron chi connectivity index (χ0n) is 15.8. The molecule has 2 rings (SSSR count). The average Bonchev–Trinajstić information content (AvgIpc) is 2.48. The van der Waals surface area contributed by atoms with Crippen LogP contribution in [-0.4, -0.2) is 6.34 Å². The molecule has 2 aromatic carbocycles. The molecule has 0 aliphatic rings. The third-order valence-corrected chi connectivity index (χ3v) is 2.58. The van der Waals surface area contributed by atoms with E-state index >= 15 is 0 Å². The molecule has 0 fully saturated rings. The van der Waals surface area contributed by atoms with Crippen molar-refractivity contribution < 1.29 is 21.7 Å².